The van der Waals surface area contributed by atoms with E-state index in [0.717, 1.165) is 11.3 Å². The fourth-order valence-corrected chi connectivity index (χ4v) is 3.32. The highest BCUT2D eigenvalue weighted by Gasteiger charge is 2.23. The molecule has 0 aliphatic carbocycles. The van der Waals surface area contributed by atoms with Crippen molar-refractivity contribution in [2.75, 3.05) is 6.61 Å². The Morgan fingerprint density at radius 1 is 1.40 bits per heavy atom. The van der Waals surface area contributed by atoms with E-state index >= 15 is 0 Å². The summed E-state index contributed by atoms with van der Waals surface area (Å²) in [4.78, 5) is 25.1. The van der Waals surface area contributed by atoms with E-state index < -0.39 is 11.8 Å². The van der Waals surface area contributed by atoms with Crippen LogP contribution >= 0.6 is 11.3 Å². The van der Waals surface area contributed by atoms with Gasteiger partial charge in [-0.15, -0.1) is 11.3 Å². The summed E-state index contributed by atoms with van der Waals surface area (Å²) in [6.45, 7) is 3.55. The summed E-state index contributed by atoms with van der Waals surface area (Å²) in [6.07, 6.45) is 2.64. The molecule has 0 aliphatic heterocycles. The van der Waals surface area contributed by atoms with Gasteiger partial charge in [0.25, 0.3) is 0 Å². The molecule has 0 N–H and O–H groups in total. The molecule has 0 amide bonds. The predicted octanol–water partition coefficient (Wildman–Crippen LogP) is 3.42. The van der Waals surface area contributed by atoms with Gasteiger partial charge in [0.15, 0.2) is 5.78 Å². The fraction of sp³-hybridized carbons (Fsp3) is 0.222. The van der Waals surface area contributed by atoms with Gasteiger partial charge in [0.2, 0.25) is 0 Å². The van der Waals surface area contributed by atoms with Crippen LogP contribution in [0.5, 0.6) is 0 Å². The lowest BCUT2D eigenvalue weighted by Crippen LogP contribution is -2.05. The van der Waals surface area contributed by atoms with Gasteiger partial charge in [0.1, 0.15) is 22.8 Å². The molecule has 2 rings (SSSR count). The van der Waals surface area contributed by atoms with Crippen LogP contribution in [-0.4, -0.2) is 18.4 Å². The van der Waals surface area contributed by atoms with Gasteiger partial charge < -0.3 is 9.15 Å². The van der Waals surface area contributed by atoms with Crippen molar-refractivity contribution in [3.63, 3.8) is 0 Å². The van der Waals surface area contributed by atoms with Crippen molar-refractivity contribution in [1.29, 1.82) is 10.5 Å². The Hall–Kier alpha value is -3.16. The van der Waals surface area contributed by atoms with Gasteiger partial charge in [0.05, 0.1) is 24.0 Å². The van der Waals surface area contributed by atoms with Gasteiger partial charge in [-0.1, -0.05) is 0 Å². The number of carbonyl (C=O) groups is 2. The maximum Gasteiger partial charge on any atom is 0.348 e. The maximum atomic E-state index is 12.4. The van der Waals surface area contributed by atoms with Crippen molar-refractivity contribution < 1.29 is 18.7 Å². The smallest absolute Gasteiger partial charge is 0.348 e. The van der Waals surface area contributed by atoms with Crippen LogP contribution in [0.3, 0.4) is 0 Å². The highest BCUT2D eigenvalue weighted by atomic mass is 32.1. The van der Waals surface area contributed by atoms with Gasteiger partial charge in [0, 0.05) is 17.4 Å². The molecule has 0 aromatic carbocycles. The number of nitriles is 2. The molecular formula is C18H14N2O4S. The number of rotatable bonds is 6. The van der Waals surface area contributed by atoms with Crippen molar-refractivity contribution in [3.05, 3.63) is 50.6 Å². The van der Waals surface area contributed by atoms with Gasteiger partial charge in [-0.25, -0.2) is 4.79 Å². The molecule has 0 aliphatic rings. The Morgan fingerprint density at radius 2 is 2.16 bits per heavy atom. The van der Waals surface area contributed by atoms with E-state index in [1.165, 1.54) is 12.3 Å². The average molecular weight is 354 g/mol. The van der Waals surface area contributed by atoms with Crippen LogP contribution in [0.4, 0.5) is 0 Å². The lowest BCUT2D eigenvalue weighted by atomic mass is 10.0. The zero-order valence-electron chi connectivity index (χ0n) is 13.7. The van der Waals surface area contributed by atoms with Crippen LogP contribution in [0.2, 0.25) is 0 Å². The second-order valence-corrected chi connectivity index (χ2v) is 6.08. The number of thiophene rings is 1. The molecule has 0 saturated heterocycles. The average Bonchev–Trinajstić information content (AvgIpc) is 3.20. The number of ether oxygens (including phenoxy) is 1. The monoisotopic (exact) mass is 354 g/mol. The molecule has 2 aromatic rings. The van der Waals surface area contributed by atoms with Gasteiger partial charge in [-0.2, -0.15) is 10.5 Å². The number of allylic oxidation sites excluding steroid dienone is 1. The van der Waals surface area contributed by atoms with Crippen LogP contribution in [0.1, 0.15) is 38.4 Å². The quantitative estimate of drug-likeness (QED) is 0.447. The molecule has 126 valence electrons. The number of hydrogen-bond acceptors (Lipinski definition) is 7. The van der Waals surface area contributed by atoms with E-state index in [1.807, 2.05) is 12.1 Å². The van der Waals surface area contributed by atoms with E-state index in [1.54, 1.807) is 26.0 Å². The minimum atomic E-state index is -0.521. The first-order chi connectivity index (χ1) is 12.0. The highest BCUT2D eigenvalue weighted by Crippen LogP contribution is 2.29. The fourth-order valence-electron chi connectivity index (χ4n) is 2.17. The minimum Gasteiger partial charge on any atom is -0.465 e. The summed E-state index contributed by atoms with van der Waals surface area (Å²) < 4.78 is 10.1. The first-order valence-electron chi connectivity index (χ1n) is 7.39. The molecule has 0 unspecified atom stereocenters. The normalized spacial score (nSPS) is 10.8. The standard InChI is InChI=1S/C18H14N2O4S/c1-3-23-18(22)17-11(2)14(10-20)16(25-17)8-15(21)12(9-19)7-13-5-4-6-24-13/h4-7H,3,8H2,1-2H3/b12-7+. The van der Waals surface area contributed by atoms with Crippen molar-refractivity contribution in [2.45, 2.75) is 20.3 Å². The number of ketones is 1. The topological polar surface area (TPSA) is 104 Å². The molecule has 0 fully saturated rings. The second kappa shape index (κ2) is 8.09. The lowest BCUT2D eigenvalue weighted by molar-refractivity contribution is -0.114. The van der Waals surface area contributed by atoms with E-state index in [-0.39, 0.29) is 24.2 Å². The Kier molecular flexibility index (Phi) is 5.89. The van der Waals surface area contributed by atoms with Crippen LogP contribution < -0.4 is 0 Å². The number of nitrogens with zero attached hydrogens (tertiary/aromatic N) is 2. The Labute approximate surface area is 148 Å². The van der Waals surface area contributed by atoms with Gasteiger partial charge in [-0.3, -0.25) is 4.79 Å². The van der Waals surface area contributed by atoms with Crippen molar-refractivity contribution in [1.82, 2.24) is 0 Å². The summed E-state index contributed by atoms with van der Waals surface area (Å²) in [7, 11) is 0. The third-order valence-corrected chi connectivity index (χ3v) is 4.64. The third-order valence-electron chi connectivity index (χ3n) is 3.36. The number of esters is 1. The second-order valence-electron chi connectivity index (χ2n) is 4.97. The van der Waals surface area contributed by atoms with Crippen LogP contribution in [0.15, 0.2) is 28.4 Å². The van der Waals surface area contributed by atoms with Crippen LogP contribution in [0, 0.1) is 29.6 Å². The maximum absolute atomic E-state index is 12.4. The molecule has 0 spiro atoms. The Bertz CT molecular complexity index is 908. The number of Topliss-reactive ketones (excluding diaryl/α,β-unsaturated/α-hetero) is 1. The van der Waals surface area contributed by atoms with E-state index in [9.17, 15) is 20.1 Å². The van der Waals surface area contributed by atoms with Gasteiger partial charge >= 0.3 is 5.97 Å². The Balaban J connectivity index is 2.32. The first kappa shape index (κ1) is 18.2. The summed E-state index contributed by atoms with van der Waals surface area (Å²) >= 11 is 1.05. The largest absolute Gasteiger partial charge is 0.465 e. The molecule has 6 nitrogen and oxygen atoms in total. The third kappa shape index (κ3) is 4.03. The number of carbonyl (C=O) groups excluding carboxylic acids is 2. The molecule has 0 radical (unpaired) electrons. The molecule has 25 heavy (non-hydrogen) atoms. The Morgan fingerprint density at radius 3 is 2.72 bits per heavy atom. The zero-order chi connectivity index (χ0) is 18.4. The molecule has 2 heterocycles. The first-order valence-corrected chi connectivity index (χ1v) is 8.21. The highest BCUT2D eigenvalue weighted by molar-refractivity contribution is 7.14. The molecule has 0 bridgehead atoms. The van der Waals surface area contributed by atoms with Gasteiger partial charge in [-0.05, 0) is 31.5 Å². The van der Waals surface area contributed by atoms with Crippen LogP contribution in [0.25, 0.3) is 6.08 Å². The SMILES string of the molecule is CCOC(=O)c1sc(CC(=O)/C(C#N)=C/c2ccco2)c(C#N)c1C. The molecule has 2 aromatic heterocycles. The molecular weight excluding hydrogens is 340 g/mol. The predicted molar refractivity (Wildman–Crippen MR) is 90.7 cm³/mol. The van der Waals surface area contributed by atoms with Crippen molar-refractivity contribution in [2.24, 2.45) is 0 Å². The number of hydrogen-bond donors (Lipinski definition) is 0. The molecule has 7 heteroatoms. The van der Waals surface area contributed by atoms with Crippen molar-refractivity contribution >= 4 is 29.2 Å². The molecule has 0 saturated carbocycles. The van der Waals surface area contributed by atoms with E-state index in [2.05, 4.69) is 0 Å². The summed E-state index contributed by atoms with van der Waals surface area (Å²) in [6, 6.07) is 7.13. The summed E-state index contributed by atoms with van der Waals surface area (Å²) in [5.41, 5.74) is 0.682. The van der Waals surface area contributed by atoms with Crippen LogP contribution in [-0.2, 0) is 16.0 Å². The summed E-state index contributed by atoms with van der Waals surface area (Å²) in [5.74, 6) is -0.584. The van der Waals surface area contributed by atoms with E-state index in [4.69, 9.17) is 9.15 Å². The van der Waals surface area contributed by atoms with Crippen molar-refractivity contribution in [3.8, 4) is 12.1 Å². The van der Waals surface area contributed by atoms with E-state index in [0.29, 0.717) is 21.1 Å². The summed E-state index contributed by atoms with van der Waals surface area (Å²) in [5, 5.41) is 18.5. The zero-order valence-corrected chi connectivity index (χ0v) is 14.5. The lowest BCUT2D eigenvalue weighted by Gasteiger charge is -1.98. The minimum absolute atomic E-state index is 0.0809. The number of furan rings is 1. The molecule has 0 atom stereocenters.